The Kier molecular flexibility index (Phi) is 5.90. The number of anilines is 2. The number of hydrogen-bond donors (Lipinski definition) is 1. The molecule has 0 aliphatic carbocycles. The quantitative estimate of drug-likeness (QED) is 0.458. The molecule has 0 bridgehead atoms. The summed E-state index contributed by atoms with van der Waals surface area (Å²) in [5.41, 5.74) is 5.86. The van der Waals surface area contributed by atoms with Crippen LogP contribution in [0.2, 0.25) is 5.02 Å². The largest absolute Gasteiger partial charge is 0.350 e. The van der Waals surface area contributed by atoms with E-state index < -0.39 is 0 Å². The van der Waals surface area contributed by atoms with Crippen molar-refractivity contribution in [2.75, 3.05) is 10.2 Å². The molecule has 1 aliphatic rings. The van der Waals surface area contributed by atoms with Crippen LogP contribution in [0.3, 0.4) is 0 Å². The number of imide groups is 1. The summed E-state index contributed by atoms with van der Waals surface area (Å²) in [4.78, 5) is 28.3. The van der Waals surface area contributed by atoms with Gasteiger partial charge in [0.05, 0.1) is 11.3 Å². The third-order valence-corrected chi connectivity index (χ3v) is 5.92. The minimum Gasteiger partial charge on any atom is -0.350 e. The minimum atomic E-state index is -0.389. The number of nitrogens with one attached hydrogen (secondary N) is 1. The highest BCUT2D eigenvalue weighted by atomic mass is 35.5. The van der Waals surface area contributed by atoms with Crippen LogP contribution in [0.4, 0.5) is 11.4 Å². The number of benzene rings is 3. The van der Waals surface area contributed by atoms with Gasteiger partial charge in [0.2, 0.25) is 0 Å². The van der Waals surface area contributed by atoms with Crippen molar-refractivity contribution < 1.29 is 9.59 Å². The summed E-state index contributed by atoms with van der Waals surface area (Å²) in [5.74, 6) is -0.338. The average molecular weight is 445 g/mol. The molecule has 0 atom stereocenters. The highest BCUT2D eigenvalue weighted by molar-refractivity contribution is 6.46. The Bertz CT molecular complexity index is 1230. The summed E-state index contributed by atoms with van der Waals surface area (Å²) in [6, 6.07) is 20.5. The van der Waals surface area contributed by atoms with E-state index in [2.05, 4.69) is 19.2 Å². The Hall–Kier alpha value is -3.37. The average Bonchev–Trinajstić information content (AvgIpc) is 2.99. The second kappa shape index (κ2) is 8.64. The van der Waals surface area contributed by atoms with Gasteiger partial charge in [0.25, 0.3) is 11.8 Å². The SMILES string of the molecule is Cc1ccc(C2=C(Nc3ccc(C(C)C)cc3)C(=O)N(c3ccc(Cl)cc3)C2=O)c(C)c1. The lowest BCUT2D eigenvalue weighted by Crippen LogP contribution is -2.32. The van der Waals surface area contributed by atoms with Gasteiger partial charge in [-0.1, -0.05) is 61.3 Å². The number of carbonyl (C=O) groups excluding carboxylic acids is 2. The van der Waals surface area contributed by atoms with Gasteiger partial charge in [-0.25, -0.2) is 4.90 Å². The van der Waals surface area contributed by atoms with Gasteiger partial charge in [0.15, 0.2) is 0 Å². The second-order valence-corrected chi connectivity index (χ2v) is 8.83. The molecule has 0 saturated heterocycles. The topological polar surface area (TPSA) is 49.4 Å². The van der Waals surface area contributed by atoms with Crippen molar-refractivity contribution in [2.24, 2.45) is 0 Å². The fraction of sp³-hybridized carbons (Fsp3) is 0.185. The summed E-state index contributed by atoms with van der Waals surface area (Å²) in [5, 5.41) is 3.77. The van der Waals surface area contributed by atoms with E-state index in [1.54, 1.807) is 24.3 Å². The molecular formula is C27H25ClN2O2. The number of aryl methyl sites for hydroxylation is 2. The molecule has 4 rings (SSSR count). The molecule has 1 aliphatic heterocycles. The Labute approximate surface area is 193 Å². The molecule has 2 amide bonds. The van der Waals surface area contributed by atoms with Crippen molar-refractivity contribution >= 4 is 40.4 Å². The van der Waals surface area contributed by atoms with E-state index in [-0.39, 0.29) is 17.5 Å². The lowest BCUT2D eigenvalue weighted by atomic mass is 9.97. The third kappa shape index (κ3) is 4.06. The molecule has 3 aromatic rings. The summed E-state index contributed by atoms with van der Waals surface area (Å²) in [7, 11) is 0. The van der Waals surface area contributed by atoms with E-state index in [1.165, 1.54) is 10.5 Å². The van der Waals surface area contributed by atoms with Crippen LogP contribution in [0.5, 0.6) is 0 Å². The summed E-state index contributed by atoms with van der Waals surface area (Å²) < 4.78 is 0. The van der Waals surface area contributed by atoms with Crippen LogP contribution in [-0.4, -0.2) is 11.8 Å². The fourth-order valence-corrected chi connectivity index (χ4v) is 4.04. The van der Waals surface area contributed by atoms with Crippen LogP contribution in [0.25, 0.3) is 5.57 Å². The molecular weight excluding hydrogens is 420 g/mol. The highest BCUT2D eigenvalue weighted by Crippen LogP contribution is 2.35. The van der Waals surface area contributed by atoms with Crippen molar-refractivity contribution in [2.45, 2.75) is 33.6 Å². The van der Waals surface area contributed by atoms with Crippen LogP contribution >= 0.6 is 11.6 Å². The van der Waals surface area contributed by atoms with Crippen molar-refractivity contribution in [1.82, 2.24) is 0 Å². The van der Waals surface area contributed by atoms with Gasteiger partial charge in [0.1, 0.15) is 5.70 Å². The molecule has 1 N–H and O–H groups in total. The zero-order valence-electron chi connectivity index (χ0n) is 18.6. The predicted octanol–water partition coefficient (Wildman–Crippen LogP) is 6.48. The molecule has 0 radical (unpaired) electrons. The molecule has 0 spiro atoms. The van der Waals surface area contributed by atoms with E-state index in [0.29, 0.717) is 22.2 Å². The standard InChI is InChI=1S/C27H25ClN2O2/c1-16(2)19-6-10-21(11-7-19)29-25-24(23-14-5-17(3)15-18(23)4)26(31)30(27(25)32)22-12-8-20(28)9-13-22/h5-16,29H,1-4H3. The van der Waals surface area contributed by atoms with Crippen molar-refractivity contribution in [3.63, 3.8) is 0 Å². The Morgan fingerprint density at radius 3 is 2.09 bits per heavy atom. The summed E-state index contributed by atoms with van der Waals surface area (Å²) in [6.45, 7) is 8.22. The van der Waals surface area contributed by atoms with Crippen LogP contribution < -0.4 is 10.2 Å². The van der Waals surface area contributed by atoms with E-state index >= 15 is 0 Å². The molecule has 3 aromatic carbocycles. The Morgan fingerprint density at radius 1 is 0.844 bits per heavy atom. The number of halogens is 1. The molecule has 162 valence electrons. The molecule has 0 saturated carbocycles. The van der Waals surface area contributed by atoms with Gasteiger partial charge in [-0.3, -0.25) is 9.59 Å². The smallest absolute Gasteiger partial charge is 0.282 e. The van der Waals surface area contributed by atoms with E-state index in [4.69, 9.17) is 11.6 Å². The zero-order valence-corrected chi connectivity index (χ0v) is 19.3. The fourth-order valence-electron chi connectivity index (χ4n) is 3.91. The number of rotatable bonds is 5. The highest BCUT2D eigenvalue weighted by Gasteiger charge is 2.40. The number of carbonyl (C=O) groups is 2. The third-order valence-electron chi connectivity index (χ3n) is 5.67. The summed E-state index contributed by atoms with van der Waals surface area (Å²) in [6.07, 6.45) is 0. The number of amides is 2. The Balaban J connectivity index is 1.81. The molecule has 0 aromatic heterocycles. The van der Waals surface area contributed by atoms with Crippen molar-refractivity contribution in [3.8, 4) is 0 Å². The first-order valence-corrected chi connectivity index (χ1v) is 11.0. The first kappa shape index (κ1) is 21.8. The molecule has 4 nitrogen and oxygen atoms in total. The van der Waals surface area contributed by atoms with Crippen molar-refractivity contribution in [1.29, 1.82) is 0 Å². The lowest BCUT2D eigenvalue weighted by Gasteiger charge is -2.15. The second-order valence-electron chi connectivity index (χ2n) is 8.39. The molecule has 0 fully saturated rings. The van der Waals surface area contributed by atoms with E-state index in [1.807, 2.05) is 56.3 Å². The van der Waals surface area contributed by atoms with Crippen LogP contribution in [0, 0.1) is 13.8 Å². The maximum atomic E-state index is 13.6. The lowest BCUT2D eigenvalue weighted by molar-refractivity contribution is -0.120. The van der Waals surface area contributed by atoms with Gasteiger partial charge >= 0.3 is 0 Å². The molecule has 32 heavy (non-hydrogen) atoms. The maximum absolute atomic E-state index is 13.6. The molecule has 0 unspecified atom stereocenters. The van der Waals surface area contributed by atoms with Gasteiger partial charge in [-0.15, -0.1) is 0 Å². The van der Waals surface area contributed by atoms with E-state index in [0.717, 1.165) is 22.4 Å². The Morgan fingerprint density at radius 2 is 1.50 bits per heavy atom. The number of nitrogens with zero attached hydrogens (tertiary/aromatic N) is 1. The van der Waals surface area contributed by atoms with E-state index in [9.17, 15) is 9.59 Å². The van der Waals surface area contributed by atoms with Crippen LogP contribution in [-0.2, 0) is 9.59 Å². The predicted molar refractivity (Wildman–Crippen MR) is 131 cm³/mol. The molecule has 5 heteroatoms. The van der Waals surface area contributed by atoms with Crippen LogP contribution in [0.1, 0.15) is 42.0 Å². The molecule has 1 heterocycles. The number of hydrogen-bond acceptors (Lipinski definition) is 3. The van der Waals surface area contributed by atoms with Gasteiger partial charge < -0.3 is 5.32 Å². The minimum absolute atomic E-state index is 0.272. The van der Waals surface area contributed by atoms with Crippen molar-refractivity contribution in [3.05, 3.63) is 99.7 Å². The maximum Gasteiger partial charge on any atom is 0.282 e. The van der Waals surface area contributed by atoms with Crippen LogP contribution in [0.15, 0.2) is 72.4 Å². The zero-order chi connectivity index (χ0) is 23.0. The van der Waals surface area contributed by atoms with Gasteiger partial charge in [0, 0.05) is 10.7 Å². The normalized spacial score (nSPS) is 14.0. The first-order valence-electron chi connectivity index (χ1n) is 10.6. The summed E-state index contributed by atoms with van der Waals surface area (Å²) >= 11 is 6.01. The first-order chi connectivity index (χ1) is 15.3. The van der Waals surface area contributed by atoms with Gasteiger partial charge in [-0.2, -0.15) is 0 Å². The van der Waals surface area contributed by atoms with Gasteiger partial charge in [-0.05, 0) is 72.9 Å². The monoisotopic (exact) mass is 444 g/mol.